The summed E-state index contributed by atoms with van der Waals surface area (Å²) in [6, 6.07) is 5.14. The lowest BCUT2D eigenvalue weighted by atomic mass is 9.79. The van der Waals surface area contributed by atoms with Crippen LogP contribution in [0.2, 0.25) is 0 Å². The monoisotopic (exact) mass is 280 g/mol. The first-order chi connectivity index (χ1) is 9.45. The SMILES string of the molecule is Cc1ccc(F)c([C@@H](N2CCNCC2)C(C)(C)CO)c1. The molecule has 0 aliphatic carbocycles. The number of hydrogen-bond donors (Lipinski definition) is 2. The van der Waals surface area contributed by atoms with Crippen LogP contribution in [0.4, 0.5) is 4.39 Å². The zero-order valence-electron chi connectivity index (χ0n) is 12.6. The summed E-state index contributed by atoms with van der Waals surface area (Å²) in [6.07, 6.45) is 0. The van der Waals surface area contributed by atoms with Crippen molar-refractivity contribution in [2.75, 3.05) is 32.8 Å². The quantitative estimate of drug-likeness (QED) is 0.886. The highest BCUT2D eigenvalue weighted by molar-refractivity contribution is 5.28. The van der Waals surface area contributed by atoms with Gasteiger partial charge in [-0.3, -0.25) is 4.90 Å². The minimum Gasteiger partial charge on any atom is -0.396 e. The summed E-state index contributed by atoms with van der Waals surface area (Å²) in [7, 11) is 0. The molecule has 1 aliphatic rings. The molecule has 0 unspecified atom stereocenters. The predicted molar refractivity (Wildman–Crippen MR) is 79.2 cm³/mol. The van der Waals surface area contributed by atoms with Crippen molar-refractivity contribution in [2.24, 2.45) is 5.41 Å². The van der Waals surface area contributed by atoms with E-state index in [0.29, 0.717) is 5.56 Å². The molecule has 2 rings (SSSR count). The fourth-order valence-corrected chi connectivity index (χ4v) is 3.01. The molecule has 0 bridgehead atoms. The molecule has 0 radical (unpaired) electrons. The van der Waals surface area contributed by atoms with Crippen molar-refractivity contribution in [3.63, 3.8) is 0 Å². The van der Waals surface area contributed by atoms with Crippen molar-refractivity contribution in [1.29, 1.82) is 0 Å². The molecule has 4 heteroatoms. The molecular weight excluding hydrogens is 255 g/mol. The van der Waals surface area contributed by atoms with Crippen LogP contribution in [0.5, 0.6) is 0 Å². The highest BCUT2D eigenvalue weighted by Gasteiger charge is 2.37. The van der Waals surface area contributed by atoms with Gasteiger partial charge in [-0.15, -0.1) is 0 Å². The highest BCUT2D eigenvalue weighted by atomic mass is 19.1. The molecule has 1 atom stereocenters. The Morgan fingerprint density at radius 1 is 1.35 bits per heavy atom. The van der Waals surface area contributed by atoms with Gasteiger partial charge in [-0.1, -0.05) is 31.5 Å². The molecule has 20 heavy (non-hydrogen) atoms. The van der Waals surface area contributed by atoms with E-state index in [1.54, 1.807) is 6.07 Å². The van der Waals surface area contributed by atoms with Crippen LogP contribution < -0.4 is 5.32 Å². The van der Waals surface area contributed by atoms with Crippen molar-refractivity contribution in [1.82, 2.24) is 10.2 Å². The third kappa shape index (κ3) is 3.19. The van der Waals surface area contributed by atoms with Crippen LogP contribution in [-0.2, 0) is 0 Å². The smallest absolute Gasteiger partial charge is 0.128 e. The van der Waals surface area contributed by atoms with E-state index >= 15 is 0 Å². The van der Waals surface area contributed by atoms with Crippen LogP contribution in [-0.4, -0.2) is 42.8 Å². The Balaban J connectivity index is 2.42. The Morgan fingerprint density at radius 2 is 2.00 bits per heavy atom. The first-order valence-electron chi connectivity index (χ1n) is 7.27. The lowest BCUT2D eigenvalue weighted by molar-refractivity contribution is 0.0286. The number of nitrogens with zero attached hydrogens (tertiary/aromatic N) is 1. The number of halogens is 1. The molecular formula is C16H25FN2O. The summed E-state index contributed by atoms with van der Waals surface area (Å²) in [5, 5.41) is 13.1. The fourth-order valence-electron chi connectivity index (χ4n) is 3.01. The molecule has 1 saturated heterocycles. The number of piperazine rings is 1. The van der Waals surface area contributed by atoms with Crippen molar-refractivity contribution in [2.45, 2.75) is 26.8 Å². The van der Waals surface area contributed by atoms with Crippen LogP contribution >= 0.6 is 0 Å². The Morgan fingerprint density at radius 3 is 2.60 bits per heavy atom. The van der Waals surface area contributed by atoms with E-state index in [2.05, 4.69) is 10.2 Å². The van der Waals surface area contributed by atoms with E-state index < -0.39 is 0 Å². The standard InChI is InChI=1S/C16H25FN2O/c1-12-4-5-14(17)13(10-12)15(16(2,3)11-20)19-8-6-18-7-9-19/h4-5,10,15,18,20H,6-9,11H2,1-3H3/t15-/m1/s1. The van der Waals surface area contributed by atoms with Crippen molar-refractivity contribution in [3.8, 4) is 0 Å². The number of hydrogen-bond acceptors (Lipinski definition) is 3. The summed E-state index contributed by atoms with van der Waals surface area (Å²) in [6.45, 7) is 9.58. The van der Waals surface area contributed by atoms with Gasteiger partial charge in [0.05, 0.1) is 0 Å². The zero-order chi connectivity index (χ0) is 14.8. The number of rotatable bonds is 4. The number of aliphatic hydroxyl groups excluding tert-OH is 1. The Bertz CT molecular complexity index is 456. The molecule has 1 aromatic carbocycles. The van der Waals surface area contributed by atoms with Gasteiger partial charge < -0.3 is 10.4 Å². The first-order valence-corrected chi connectivity index (χ1v) is 7.27. The average molecular weight is 280 g/mol. The molecule has 1 aromatic rings. The van der Waals surface area contributed by atoms with Gasteiger partial charge in [0, 0.05) is 49.8 Å². The third-order valence-corrected chi connectivity index (χ3v) is 4.11. The van der Waals surface area contributed by atoms with E-state index in [9.17, 15) is 9.50 Å². The van der Waals surface area contributed by atoms with Crippen LogP contribution in [0, 0.1) is 18.2 Å². The maximum absolute atomic E-state index is 14.3. The summed E-state index contributed by atoms with van der Waals surface area (Å²) in [5.41, 5.74) is 1.37. The number of aryl methyl sites for hydroxylation is 1. The molecule has 112 valence electrons. The highest BCUT2D eigenvalue weighted by Crippen LogP contribution is 2.39. The van der Waals surface area contributed by atoms with Crippen molar-refractivity contribution in [3.05, 3.63) is 35.1 Å². The molecule has 3 nitrogen and oxygen atoms in total. The predicted octanol–water partition coefficient (Wildman–Crippen LogP) is 2.10. The van der Waals surface area contributed by atoms with Crippen molar-refractivity contribution < 1.29 is 9.50 Å². The largest absolute Gasteiger partial charge is 0.396 e. The van der Waals surface area contributed by atoms with Crippen LogP contribution in [0.1, 0.15) is 31.0 Å². The van der Waals surface area contributed by atoms with Gasteiger partial charge in [0.15, 0.2) is 0 Å². The van der Waals surface area contributed by atoms with Crippen LogP contribution in [0.3, 0.4) is 0 Å². The lowest BCUT2D eigenvalue weighted by Gasteiger charge is -2.43. The van der Waals surface area contributed by atoms with Gasteiger partial charge in [0.2, 0.25) is 0 Å². The molecule has 0 saturated carbocycles. The van der Waals surface area contributed by atoms with Crippen LogP contribution in [0.15, 0.2) is 18.2 Å². The minimum atomic E-state index is -0.383. The van der Waals surface area contributed by atoms with Gasteiger partial charge in [0.25, 0.3) is 0 Å². The summed E-state index contributed by atoms with van der Waals surface area (Å²) in [5.74, 6) is -0.180. The van der Waals surface area contributed by atoms with Gasteiger partial charge in [-0.2, -0.15) is 0 Å². The summed E-state index contributed by atoms with van der Waals surface area (Å²) < 4.78 is 14.3. The molecule has 2 N–H and O–H groups in total. The van der Waals surface area contributed by atoms with Crippen LogP contribution in [0.25, 0.3) is 0 Å². The third-order valence-electron chi connectivity index (χ3n) is 4.11. The maximum Gasteiger partial charge on any atom is 0.128 e. The summed E-state index contributed by atoms with van der Waals surface area (Å²) >= 11 is 0. The Labute approximate surface area is 120 Å². The Kier molecular flexibility index (Phi) is 4.78. The van der Waals surface area contributed by atoms with Gasteiger partial charge in [-0.05, 0) is 13.0 Å². The van der Waals surface area contributed by atoms with Gasteiger partial charge in [-0.25, -0.2) is 4.39 Å². The van der Waals surface area contributed by atoms with Crippen molar-refractivity contribution >= 4 is 0 Å². The average Bonchev–Trinajstić information content (AvgIpc) is 2.44. The molecule has 0 spiro atoms. The van der Waals surface area contributed by atoms with E-state index in [-0.39, 0.29) is 23.9 Å². The van der Waals surface area contributed by atoms with E-state index in [1.807, 2.05) is 26.8 Å². The molecule has 0 aromatic heterocycles. The number of aliphatic hydroxyl groups is 1. The van der Waals surface area contributed by atoms with Gasteiger partial charge >= 0.3 is 0 Å². The molecule has 1 fully saturated rings. The first kappa shape index (κ1) is 15.4. The second-order valence-corrected chi connectivity index (χ2v) is 6.36. The molecule has 1 aliphatic heterocycles. The van der Waals surface area contributed by atoms with Gasteiger partial charge in [0.1, 0.15) is 5.82 Å². The number of nitrogens with one attached hydrogen (secondary N) is 1. The molecule has 0 amide bonds. The van der Waals surface area contributed by atoms with E-state index in [1.165, 1.54) is 6.07 Å². The van der Waals surface area contributed by atoms with E-state index in [0.717, 1.165) is 31.7 Å². The normalized spacial score (nSPS) is 19.1. The topological polar surface area (TPSA) is 35.5 Å². The zero-order valence-corrected chi connectivity index (χ0v) is 12.6. The fraction of sp³-hybridized carbons (Fsp3) is 0.625. The number of benzene rings is 1. The van der Waals surface area contributed by atoms with E-state index in [4.69, 9.17) is 0 Å². The minimum absolute atomic E-state index is 0.0367. The maximum atomic E-state index is 14.3. The molecule has 1 heterocycles. The second-order valence-electron chi connectivity index (χ2n) is 6.36. The lowest BCUT2D eigenvalue weighted by Crippen LogP contribution is -2.49. The second kappa shape index (κ2) is 6.20. The Hall–Kier alpha value is -0.970. The summed E-state index contributed by atoms with van der Waals surface area (Å²) in [4.78, 5) is 2.28.